The summed E-state index contributed by atoms with van der Waals surface area (Å²) in [6.45, 7) is 20.2. The largest absolute Gasteiger partial charge is 0.0683 e. The van der Waals surface area contributed by atoms with Crippen molar-refractivity contribution in [2.24, 2.45) is 0 Å². The molecule has 0 spiro atoms. The van der Waals surface area contributed by atoms with Gasteiger partial charge in [0.05, 0.1) is 0 Å². The zero-order valence-corrected chi connectivity index (χ0v) is 17.3. The van der Waals surface area contributed by atoms with Crippen LogP contribution in [0.3, 0.4) is 0 Å². The molecule has 0 unspecified atom stereocenters. The van der Waals surface area contributed by atoms with Crippen LogP contribution in [0.4, 0.5) is 0 Å². The van der Waals surface area contributed by atoms with Crippen molar-refractivity contribution in [2.75, 3.05) is 0 Å². The molecule has 0 nitrogen and oxygen atoms in total. The first-order valence-corrected chi connectivity index (χ1v) is 9.35. The molecule has 0 heterocycles. The lowest BCUT2D eigenvalue weighted by Gasteiger charge is -2.03. The molecule has 0 atom stereocenters. The molecule has 0 aliphatic rings. The van der Waals surface area contributed by atoms with Gasteiger partial charge in [-0.1, -0.05) is 115 Å². The molecule has 0 bridgehead atoms. The second-order valence-electron chi connectivity index (χ2n) is 4.15. The monoisotopic (exact) mass is 316 g/mol. The zero-order chi connectivity index (χ0) is 18.7. The Kier molecular flexibility index (Phi) is 23.4. The second-order valence-corrected chi connectivity index (χ2v) is 4.15. The van der Waals surface area contributed by atoms with Crippen LogP contribution in [0.25, 0.3) is 0 Å². The maximum absolute atomic E-state index is 2.20. The predicted molar refractivity (Wildman–Crippen MR) is 111 cm³/mol. The van der Waals surface area contributed by atoms with Crippen molar-refractivity contribution < 1.29 is 0 Å². The minimum absolute atomic E-state index is 1.03. The van der Waals surface area contributed by atoms with E-state index < -0.39 is 0 Å². The van der Waals surface area contributed by atoms with E-state index in [0.717, 1.165) is 6.42 Å². The highest BCUT2D eigenvalue weighted by Gasteiger charge is 1.95. The van der Waals surface area contributed by atoms with E-state index in [2.05, 4.69) is 62.4 Å². The number of benzene rings is 2. The first kappa shape index (κ1) is 26.3. The Hall–Kier alpha value is -1.56. The number of rotatable bonds is 2. The van der Waals surface area contributed by atoms with Gasteiger partial charge in [-0.2, -0.15) is 0 Å². The fraction of sp³-hybridized carbons (Fsp3) is 0.478. The lowest BCUT2D eigenvalue weighted by atomic mass is 10.0. The number of hydrogen-bond donors (Lipinski definition) is 0. The molecular weight excluding hydrogens is 276 g/mol. The highest BCUT2D eigenvalue weighted by atomic mass is 14.0. The summed E-state index contributed by atoms with van der Waals surface area (Å²) < 4.78 is 0. The molecule has 0 heteroatoms. The van der Waals surface area contributed by atoms with E-state index in [9.17, 15) is 0 Å². The SMILES string of the molecule is CC.CC.CC.CC.Cc1ccc(Cc2ccc(C)cc2)cc1. The van der Waals surface area contributed by atoms with Gasteiger partial charge in [0.1, 0.15) is 0 Å². The van der Waals surface area contributed by atoms with Crippen LogP contribution in [-0.2, 0) is 6.42 Å². The van der Waals surface area contributed by atoms with Gasteiger partial charge in [-0.3, -0.25) is 0 Å². The third-order valence-electron chi connectivity index (χ3n) is 2.65. The van der Waals surface area contributed by atoms with Gasteiger partial charge in [0, 0.05) is 0 Å². The van der Waals surface area contributed by atoms with Crippen LogP contribution in [0.15, 0.2) is 48.5 Å². The molecule has 0 aliphatic heterocycles. The first-order valence-electron chi connectivity index (χ1n) is 9.35. The lowest BCUT2D eigenvalue weighted by Crippen LogP contribution is -1.88. The van der Waals surface area contributed by atoms with Crippen LogP contribution in [0.5, 0.6) is 0 Å². The third-order valence-corrected chi connectivity index (χ3v) is 2.65. The highest BCUT2D eigenvalue weighted by molar-refractivity contribution is 5.29. The van der Waals surface area contributed by atoms with Crippen LogP contribution >= 0.6 is 0 Å². The van der Waals surface area contributed by atoms with Gasteiger partial charge >= 0.3 is 0 Å². The first-order chi connectivity index (χ1) is 11.2. The fourth-order valence-corrected chi connectivity index (χ4v) is 1.65. The minimum atomic E-state index is 1.03. The summed E-state index contributed by atoms with van der Waals surface area (Å²) in [6.07, 6.45) is 1.03. The van der Waals surface area contributed by atoms with Crippen molar-refractivity contribution in [3.8, 4) is 0 Å². The van der Waals surface area contributed by atoms with E-state index >= 15 is 0 Å². The zero-order valence-electron chi connectivity index (χ0n) is 17.3. The molecule has 0 amide bonds. The van der Waals surface area contributed by atoms with E-state index in [1.165, 1.54) is 22.3 Å². The van der Waals surface area contributed by atoms with Crippen LogP contribution < -0.4 is 0 Å². The second kappa shape index (κ2) is 20.4. The standard InChI is InChI=1S/C15H16.4C2H6/c1-12-3-7-14(8-4-12)11-15-9-5-13(2)6-10-15;4*1-2/h3-10H,11H2,1-2H3;4*1-2H3. The molecule has 0 radical (unpaired) electrons. The maximum Gasteiger partial charge on any atom is -0.00258 e. The minimum Gasteiger partial charge on any atom is -0.0683 e. The van der Waals surface area contributed by atoms with Crippen LogP contribution in [-0.4, -0.2) is 0 Å². The Morgan fingerprint density at radius 1 is 0.435 bits per heavy atom. The molecule has 0 aliphatic carbocycles. The van der Waals surface area contributed by atoms with Crippen molar-refractivity contribution in [1.82, 2.24) is 0 Å². The Balaban J connectivity index is -0.000000438. The molecule has 0 saturated heterocycles. The van der Waals surface area contributed by atoms with Gasteiger partial charge in [-0.25, -0.2) is 0 Å². The van der Waals surface area contributed by atoms with E-state index in [-0.39, 0.29) is 0 Å². The van der Waals surface area contributed by atoms with Gasteiger partial charge in [0.2, 0.25) is 0 Å². The Morgan fingerprint density at radius 3 is 0.870 bits per heavy atom. The van der Waals surface area contributed by atoms with Crippen molar-refractivity contribution in [3.63, 3.8) is 0 Å². The smallest absolute Gasteiger partial charge is 0.00258 e. The topological polar surface area (TPSA) is 0 Å². The molecule has 0 saturated carbocycles. The normalized spacial score (nSPS) is 7.74. The van der Waals surface area contributed by atoms with Crippen LogP contribution in [0.2, 0.25) is 0 Å². The van der Waals surface area contributed by atoms with Crippen molar-refractivity contribution in [2.45, 2.75) is 75.7 Å². The molecule has 0 N–H and O–H groups in total. The maximum atomic E-state index is 2.20. The predicted octanol–water partition coefficient (Wildman–Crippen LogP) is 8.00. The molecule has 0 fully saturated rings. The van der Waals surface area contributed by atoms with Crippen molar-refractivity contribution in [3.05, 3.63) is 70.8 Å². The molecular formula is C23H40. The van der Waals surface area contributed by atoms with E-state index in [4.69, 9.17) is 0 Å². The van der Waals surface area contributed by atoms with Gasteiger partial charge in [-0.15, -0.1) is 0 Å². The molecule has 2 aromatic carbocycles. The van der Waals surface area contributed by atoms with E-state index in [0.29, 0.717) is 0 Å². The molecule has 2 rings (SSSR count). The summed E-state index contributed by atoms with van der Waals surface area (Å²) >= 11 is 0. The number of hydrogen-bond acceptors (Lipinski definition) is 0. The van der Waals surface area contributed by atoms with Gasteiger partial charge < -0.3 is 0 Å². The number of aryl methyl sites for hydroxylation is 2. The lowest BCUT2D eigenvalue weighted by molar-refractivity contribution is 1.18. The van der Waals surface area contributed by atoms with Gasteiger partial charge in [0.15, 0.2) is 0 Å². The van der Waals surface area contributed by atoms with Gasteiger partial charge in [0.25, 0.3) is 0 Å². The summed E-state index contributed by atoms with van der Waals surface area (Å²) in [5, 5.41) is 0. The van der Waals surface area contributed by atoms with E-state index in [1.54, 1.807) is 0 Å². The molecule has 132 valence electrons. The third kappa shape index (κ3) is 13.8. The average Bonchev–Trinajstić information content (AvgIpc) is 2.66. The Bertz CT molecular complexity index is 377. The Morgan fingerprint density at radius 2 is 0.652 bits per heavy atom. The Labute approximate surface area is 147 Å². The molecule has 2 aromatic rings. The quantitative estimate of drug-likeness (QED) is 0.526. The van der Waals surface area contributed by atoms with E-state index in [1.807, 2.05) is 55.4 Å². The van der Waals surface area contributed by atoms with Crippen molar-refractivity contribution in [1.29, 1.82) is 0 Å². The summed E-state index contributed by atoms with van der Waals surface area (Å²) in [4.78, 5) is 0. The molecule has 0 aromatic heterocycles. The summed E-state index contributed by atoms with van der Waals surface area (Å²) in [5.74, 6) is 0. The molecule has 23 heavy (non-hydrogen) atoms. The highest BCUT2D eigenvalue weighted by Crippen LogP contribution is 2.11. The van der Waals surface area contributed by atoms with Crippen LogP contribution in [0, 0.1) is 13.8 Å². The van der Waals surface area contributed by atoms with Gasteiger partial charge in [-0.05, 0) is 31.4 Å². The fourth-order valence-electron chi connectivity index (χ4n) is 1.65. The van der Waals surface area contributed by atoms with Crippen LogP contribution in [0.1, 0.15) is 77.6 Å². The van der Waals surface area contributed by atoms with Crippen molar-refractivity contribution >= 4 is 0 Å². The summed E-state index contributed by atoms with van der Waals surface area (Å²) in [5.41, 5.74) is 5.40. The summed E-state index contributed by atoms with van der Waals surface area (Å²) in [7, 11) is 0. The summed E-state index contributed by atoms with van der Waals surface area (Å²) in [6, 6.07) is 17.5. The average molecular weight is 317 g/mol.